The number of methoxy groups -OCH3 is 1. The first-order valence-electron chi connectivity index (χ1n) is 6.86. The molecule has 2 rings (SSSR count). The number of hydrogen-bond donors (Lipinski definition) is 1. The lowest BCUT2D eigenvalue weighted by Crippen LogP contribution is -2.39. The van der Waals surface area contributed by atoms with Crippen molar-refractivity contribution in [3.8, 4) is 5.75 Å². The fourth-order valence-electron chi connectivity index (χ4n) is 2.46. The Kier molecular flexibility index (Phi) is 5.01. The number of nitrogens with two attached hydrogens (primary N) is 1. The Balaban J connectivity index is 2.34. The van der Waals surface area contributed by atoms with Gasteiger partial charge < -0.3 is 10.5 Å². The van der Waals surface area contributed by atoms with Crippen LogP contribution in [0.5, 0.6) is 5.75 Å². The van der Waals surface area contributed by atoms with E-state index in [-0.39, 0.29) is 5.82 Å². The lowest BCUT2D eigenvalue weighted by molar-refractivity contribution is 0.400. The molecule has 4 heteroatoms. The average molecular weight is 352 g/mol. The molecule has 0 aromatic heterocycles. The van der Waals surface area contributed by atoms with Crippen LogP contribution in [0, 0.1) is 5.82 Å². The second kappa shape index (κ2) is 6.58. The van der Waals surface area contributed by atoms with Gasteiger partial charge >= 0.3 is 0 Å². The molecule has 2 aromatic rings. The van der Waals surface area contributed by atoms with Crippen LogP contribution in [0.3, 0.4) is 0 Å². The first kappa shape index (κ1) is 16.0. The maximum absolute atomic E-state index is 14.1. The largest absolute Gasteiger partial charge is 0.496 e. The SMILES string of the molecule is CCC(N)(Cc1ccc(OC)c(Br)c1)c1ccccc1F. The van der Waals surface area contributed by atoms with Gasteiger partial charge in [0.25, 0.3) is 0 Å². The van der Waals surface area contributed by atoms with E-state index in [4.69, 9.17) is 10.5 Å². The Morgan fingerprint density at radius 2 is 1.95 bits per heavy atom. The lowest BCUT2D eigenvalue weighted by atomic mass is 9.82. The molecule has 0 saturated carbocycles. The summed E-state index contributed by atoms with van der Waals surface area (Å²) < 4.78 is 20.2. The molecule has 2 nitrogen and oxygen atoms in total. The van der Waals surface area contributed by atoms with E-state index < -0.39 is 5.54 Å². The van der Waals surface area contributed by atoms with Crippen LogP contribution >= 0.6 is 15.9 Å². The number of halogens is 2. The number of benzene rings is 2. The molecule has 0 aliphatic carbocycles. The van der Waals surface area contributed by atoms with Crippen LogP contribution in [0.4, 0.5) is 4.39 Å². The van der Waals surface area contributed by atoms with E-state index in [1.165, 1.54) is 6.07 Å². The van der Waals surface area contributed by atoms with Gasteiger partial charge in [-0.25, -0.2) is 4.39 Å². The highest BCUT2D eigenvalue weighted by atomic mass is 79.9. The van der Waals surface area contributed by atoms with E-state index in [0.717, 1.165) is 15.8 Å². The molecule has 1 unspecified atom stereocenters. The summed E-state index contributed by atoms with van der Waals surface area (Å²) in [6, 6.07) is 12.5. The molecule has 0 saturated heterocycles. The van der Waals surface area contributed by atoms with Crippen LogP contribution in [-0.4, -0.2) is 7.11 Å². The molecule has 0 aliphatic heterocycles. The van der Waals surface area contributed by atoms with Crippen molar-refractivity contribution in [2.24, 2.45) is 5.73 Å². The molecular formula is C17H19BrFNO. The zero-order valence-electron chi connectivity index (χ0n) is 12.2. The summed E-state index contributed by atoms with van der Waals surface area (Å²) in [5.41, 5.74) is 7.36. The van der Waals surface area contributed by atoms with E-state index in [9.17, 15) is 4.39 Å². The van der Waals surface area contributed by atoms with E-state index in [0.29, 0.717) is 18.4 Å². The summed E-state index contributed by atoms with van der Waals surface area (Å²) in [6.45, 7) is 1.98. The summed E-state index contributed by atoms with van der Waals surface area (Å²) in [5, 5.41) is 0. The Morgan fingerprint density at radius 3 is 2.52 bits per heavy atom. The van der Waals surface area contributed by atoms with Crippen LogP contribution < -0.4 is 10.5 Å². The number of ether oxygens (including phenoxy) is 1. The van der Waals surface area contributed by atoms with E-state index in [2.05, 4.69) is 15.9 Å². The predicted molar refractivity (Wildman–Crippen MR) is 87.0 cm³/mol. The molecule has 112 valence electrons. The smallest absolute Gasteiger partial charge is 0.133 e. The molecule has 0 heterocycles. The highest BCUT2D eigenvalue weighted by Gasteiger charge is 2.28. The van der Waals surface area contributed by atoms with Crippen LogP contribution in [0.25, 0.3) is 0 Å². The molecule has 0 amide bonds. The van der Waals surface area contributed by atoms with Crippen LogP contribution in [-0.2, 0) is 12.0 Å². The molecule has 0 bridgehead atoms. The maximum atomic E-state index is 14.1. The molecule has 0 fully saturated rings. The molecule has 2 N–H and O–H groups in total. The first-order valence-corrected chi connectivity index (χ1v) is 7.66. The van der Waals surface area contributed by atoms with Crippen molar-refractivity contribution in [1.29, 1.82) is 0 Å². The fourth-order valence-corrected chi connectivity index (χ4v) is 3.05. The van der Waals surface area contributed by atoms with Gasteiger partial charge in [-0.3, -0.25) is 0 Å². The van der Waals surface area contributed by atoms with Crippen molar-refractivity contribution in [3.05, 3.63) is 63.9 Å². The third-order valence-electron chi connectivity index (χ3n) is 3.78. The van der Waals surface area contributed by atoms with Crippen molar-refractivity contribution in [3.63, 3.8) is 0 Å². The minimum atomic E-state index is -0.723. The normalized spacial score (nSPS) is 13.8. The van der Waals surface area contributed by atoms with Gasteiger partial charge in [0, 0.05) is 11.1 Å². The topological polar surface area (TPSA) is 35.2 Å². The predicted octanol–water partition coefficient (Wildman–Crippen LogP) is 4.40. The number of rotatable bonds is 5. The van der Waals surface area contributed by atoms with Crippen molar-refractivity contribution in [2.75, 3.05) is 7.11 Å². The van der Waals surface area contributed by atoms with E-state index >= 15 is 0 Å². The summed E-state index contributed by atoms with van der Waals surface area (Å²) in [5.74, 6) is 0.512. The van der Waals surface area contributed by atoms with Gasteiger partial charge in [0.2, 0.25) is 0 Å². The van der Waals surface area contributed by atoms with Crippen molar-refractivity contribution < 1.29 is 9.13 Å². The molecule has 0 radical (unpaired) electrons. The summed E-state index contributed by atoms with van der Waals surface area (Å²) in [7, 11) is 1.62. The van der Waals surface area contributed by atoms with E-state index in [1.54, 1.807) is 19.2 Å². The summed E-state index contributed by atoms with van der Waals surface area (Å²) in [6.07, 6.45) is 1.21. The molecule has 21 heavy (non-hydrogen) atoms. The van der Waals surface area contributed by atoms with Crippen LogP contribution in [0.2, 0.25) is 0 Å². The minimum absolute atomic E-state index is 0.255. The molecule has 2 aromatic carbocycles. The zero-order chi connectivity index (χ0) is 15.5. The van der Waals surface area contributed by atoms with Gasteiger partial charge in [-0.1, -0.05) is 31.2 Å². The Bertz CT molecular complexity index is 632. The van der Waals surface area contributed by atoms with Gasteiger partial charge in [0.15, 0.2) is 0 Å². The van der Waals surface area contributed by atoms with Gasteiger partial charge in [-0.05, 0) is 52.5 Å². The quantitative estimate of drug-likeness (QED) is 0.866. The first-order chi connectivity index (χ1) is 10.00. The van der Waals surface area contributed by atoms with E-state index in [1.807, 2.05) is 31.2 Å². The molecular weight excluding hydrogens is 333 g/mol. The summed E-state index contributed by atoms with van der Waals surface area (Å²) >= 11 is 3.47. The maximum Gasteiger partial charge on any atom is 0.133 e. The van der Waals surface area contributed by atoms with Crippen molar-refractivity contribution >= 4 is 15.9 Å². The Morgan fingerprint density at radius 1 is 1.24 bits per heavy atom. The van der Waals surface area contributed by atoms with Crippen LogP contribution in [0.15, 0.2) is 46.9 Å². The lowest BCUT2D eigenvalue weighted by Gasteiger charge is -2.29. The third kappa shape index (κ3) is 3.44. The fraction of sp³-hybridized carbons (Fsp3) is 0.294. The van der Waals surface area contributed by atoms with Gasteiger partial charge in [0.1, 0.15) is 11.6 Å². The number of hydrogen-bond acceptors (Lipinski definition) is 2. The Hall–Kier alpha value is -1.39. The zero-order valence-corrected chi connectivity index (χ0v) is 13.8. The van der Waals surface area contributed by atoms with Crippen molar-refractivity contribution in [1.82, 2.24) is 0 Å². The standard InChI is InChI=1S/C17H19BrFNO/c1-3-17(20,13-6-4-5-7-15(13)19)11-12-8-9-16(21-2)14(18)10-12/h4-10H,3,11,20H2,1-2H3. The molecule has 0 aliphatic rings. The van der Waals surface area contributed by atoms with Gasteiger partial charge in [-0.2, -0.15) is 0 Å². The highest BCUT2D eigenvalue weighted by Crippen LogP contribution is 2.32. The van der Waals surface area contributed by atoms with Gasteiger partial charge in [-0.15, -0.1) is 0 Å². The average Bonchev–Trinajstić information content (AvgIpc) is 2.47. The molecule has 0 spiro atoms. The van der Waals surface area contributed by atoms with Gasteiger partial charge in [0.05, 0.1) is 11.6 Å². The summed E-state index contributed by atoms with van der Waals surface area (Å²) in [4.78, 5) is 0. The minimum Gasteiger partial charge on any atom is -0.496 e. The second-order valence-corrected chi connectivity index (χ2v) is 5.99. The third-order valence-corrected chi connectivity index (χ3v) is 4.40. The molecule has 1 atom stereocenters. The van der Waals surface area contributed by atoms with Crippen LogP contribution in [0.1, 0.15) is 24.5 Å². The monoisotopic (exact) mass is 351 g/mol. The van der Waals surface area contributed by atoms with Crippen molar-refractivity contribution in [2.45, 2.75) is 25.3 Å². The highest BCUT2D eigenvalue weighted by molar-refractivity contribution is 9.10. The second-order valence-electron chi connectivity index (χ2n) is 5.14. The Labute approximate surface area is 133 Å².